The van der Waals surface area contributed by atoms with Crippen LogP contribution >= 0.6 is 15.9 Å². The molecule has 1 aromatic heterocycles. The highest BCUT2D eigenvalue weighted by Crippen LogP contribution is 2.41. The van der Waals surface area contributed by atoms with Crippen LogP contribution in [0.2, 0.25) is 0 Å². The third-order valence-electron chi connectivity index (χ3n) is 4.77. The van der Waals surface area contributed by atoms with Crippen molar-refractivity contribution in [3.63, 3.8) is 0 Å². The van der Waals surface area contributed by atoms with Crippen molar-refractivity contribution in [1.82, 2.24) is 0 Å². The Balaban J connectivity index is 1.88. The van der Waals surface area contributed by atoms with Crippen LogP contribution in [0.4, 0.5) is 0 Å². The Labute approximate surface area is 160 Å². The molecule has 0 aliphatic rings. The van der Waals surface area contributed by atoms with Crippen LogP contribution in [-0.2, 0) is 0 Å². The second-order valence-electron chi connectivity index (χ2n) is 6.31. The van der Waals surface area contributed by atoms with Gasteiger partial charge in [0.2, 0.25) is 0 Å². The molecule has 2 heteroatoms. The smallest absolute Gasteiger partial charge is 0.143 e. The van der Waals surface area contributed by atoms with Gasteiger partial charge in [-0.05, 0) is 28.8 Å². The summed E-state index contributed by atoms with van der Waals surface area (Å²) in [4.78, 5) is 0. The number of fused-ring (bicyclic) bond motifs is 3. The predicted octanol–water partition coefficient (Wildman–Crippen LogP) is 7.68. The molecule has 0 amide bonds. The third-order valence-corrected chi connectivity index (χ3v) is 5.46. The molecule has 0 unspecified atom stereocenters. The van der Waals surface area contributed by atoms with Crippen LogP contribution < -0.4 is 0 Å². The highest BCUT2D eigenvalue weighted by Gasteiger charge is 2.16. The van der Waals surface area contributed by atoms with E-state index in [1.807, 2.05) is 18.2 Å². The fourth-order valence-corrected chi connectivity index (χ4v) is 4.10. The maximum Gasteiger partial charge on any atom is 0.143 e. The minimum Gasteiger partial charge on any atom is -0.455 e. The van der Waals surface area contributed by atoms with E-state index in [9.17, 15) is 0 Å². The molecule has 0 aliphatic heterocycles. The molecule has 0 radical (unpaired) electrons. The number of para-hydroxylation sites is 1. The average Bonchev–Trinajstić information content (AvgIpc) is 3.08. The molecule has 26 heavy (non-hydrogen) atoms. The van der Waals surface area contributed by atoms with Crippen molar-refractivity contribution in [3.8, 4) is 22.3 Å². The van der Waals surface area contributed by atoms with E-state index < -0.39 is 0 Å². The monoisotopic (exact) mass is 398 g/mol. The summed E-state index contributed by atoms with van der Waals surface area (Å²) in [5, 5.41) is 2.31. The van der Waals surface area contributed by atoms with E-state index in [4.69, 9.17) is 4.42 Å². The minimum atomic E-state index is 0.914. The van der Waals surface area contributed by atoms with Gasteiger partial charge in [-0.15, -0.1) is 0 Å². The van der Waals surface area contributed by atoms with Crippen LogP contribution in [-0.4, -0.2) is 0 Å². The lowest BCUT2D eigenvalue weighted by Crippen LogP contribution is -1.81. The van der Waals surface area contributed by atoms with Crippen LogP contribution in [0.15, 0.2) is 99.9 Å². The highest BCUT2D eigenvalue weighted by molar-refractivity contribution is 9.10. The zero-order valence-electron chi connectivity index (χ0n) is 13.9. The van der Waals surface area contributed by atoms with Crippen LogP contribution in [0.25, 0.3) is 44.2 Å². The number of rotatable bonds is 2. The van der Waals surface area contributed by atoms with E-state index >= 15 is 0 Å². The summed E-state index contributed by atoms with van der Waals surface area (Å²) in [7, 11) is 0. The first-order valence-electron chi connectivity index (χ1n) is 8.57. The molecule has 1 nitrogen and oxygen atoms in total. The Morgan fingerprint density at radius 1 is 0.577 bits per heavy atom. The fourth-order valence-electron chi connectivity index (χ4n) is 3.60. The first-order valence-corrected chi connectivity index (χ1v) is 9.37. The van der Waals surface area contributed by atoms with Crippen molar-refractivity contribution in [2.24, 2.45) is 0 Å². The summed E-state index contributed by atoms with van der Waals surface area (Å²) >= 11 is 3.69. The van der Waals surface area contributed by atoms with Crippen molar-refractivity contribution < 1.29 is 4.42 Å². The molecule has 0 aliphatic carbocycles. The molecule has 1 heterocycles. The topological polar surface area (TPSA) is 13.1 Å². The van der Waals surface area contributed by atoms with Crippen LogP contribution in [0.3, 0.4) is 0 Å². The quantitative estimate of drug-likeness (QED) is 0.297. The number of hydrogen-bond donors (Lipinski definition) is 0. The second-order valence-corrected chi connectivity index (χ2v) is 7.16. The molecule has 5 rings (SSSR count). The molecule has 5 aromatic rings. The summed E-state index contributed by atoms with van der Waals surface area (Å²) in [5.41, 5.74) is 6.49. The van der Waals surface area contributed by atoms with Gasteiger partial charge in [-0.2, -0.15) is 0 Å². The van der Waals surface area contributed by atoms with Gasteiger partial charge in [0.15, 0.2) is 0 Å². The number of halogens is 1. The van der Waals surface area contributed by atoms with Crippen LogP contribution in [0.5, 0.6) is 0 Å². The largest absolute Gasteiger partial charge is 0.455 e. The third kappa shape index (κ3) is 2.38. The molecular weight excluding hydrogens is 384 g/mol. The first kappa shape index (κ1) is 15.4. The zero-order valence-corrected chi connectivity index (χ0v) is 15.5. The lowest BCUT2D eigenvalue weighted by Gasteiger charge is -2.06. The number of benzene rings is 4. The summed E-state index contributed by atoms with van der Waals surface area (Å²) in [5.74, 6) is 0. The lowest BCUT2D eigenvalue weighted by atomic mass is 9.97. The van der Waals surface area contributed by atoms with Gasteiger partial charge in [-0.25, -0.2) is 0 Å². The fraction of sp³-hybridized carbons (Fsp3) is 0. The molecular formula is C24H15BrO. The van der Waals surface area contributed by atoms with E-state index in [2.05, 4.69) is 88.7 Å². The molecule has 0 spiro atoms. The maximum atomic E-state index is 6.32. The van der Waals surface area contributed by atoms with Gasteiger partial charge < -0.3 is 4.42 Å². The molecule has 0 bridgehead atoms. The Morgan fingerprint density at radius 3 is 2.12 bits per heavy atom. The van der Waals surface area contributed by atoms with Gasteiger partial charge in [0.1, 0.15) is 11.2 Å². The van der Waals surface area contributed by atoms with E-state index in [0.29, 0.717) is 0 Å². The summed E-state index contributed by atoms with van der Waals surface area (Å²) in [6.45, 7) is 0. The SMILES string of the molecule is Brc1ccccc1-c1cccc2oc3c(-c4ccccc4)cccc3c12. The Morgan fingerprint density at radius 2 is 1.27 bits per heavy atom. The molecule has 4 aromatic carbocycles. The molecule has 124 valence electrons. The zero-order chi connectivity index (χ0) is 17.5. The van der Waals surface area contributed by atoms with E-state index in [-0.39, 0.29) is 0 Å². The molecule has 0 atom stereocenters. The molecule has 0 saturated carbocycles. The predicted molar refractivity (Wildman–Crippen MR) is 112 cm³/mol. The van der Waals surface area contributed by atoms with Gasteiger partial charge in [0.05, 0.1) is 0 Å². The van der Waals surface area contributed by atoms with Crippen molar-refractivity contribution in [1.29, 1.82) is 0 Å². The standard InChI is InChI=1S/C24H15BrO/c25-21-14-5-4-10-18(21)19-12-7-15-22-23(19)20-13-6-11-17(24(20)26-22)16-8-2-1-3-9-16/h1-15H. The minimum absolute atomic E-state index is 0.914. The van der Waals surface area contributed by atoms with E-state index in [0.717, 1.165) is 32.0 Å². The highest BCUT2D eigenvalue weighted by atomic mass is 79.9. The second kappa shape index (κ2) is 6.15. The van der Waals surface area contributed by atoms with Gasteiger partial charge >= 0.3 is 0 Å². The van der Waals surface area contributed by atoms with Gasteiger partial charge in [0.25, 0.3) is 0 Å². The maximum absolute atomic E-state index is 6.32. The Bertz CT molecular complexity index is 1240. The summed E-state index contributed by atoms with van der Waals surface area (Å²) < 4.78 is 7.41. The molecule has 0 saturated heterocycles. The molecule has 0 fully saturated rings. The summed E-state index contributed by atoms with van der Waals surface area (Å²) in [6.07, 6.45) is 0. The van der Waals surface area contributed by atoms with Crippen LogP contribution in [0.1, 0.15) is 0 Å². The van der Waals surface area contributed by atoms with E-state index in [1.165, 1.54) is 16.7 Å². The number of furan rings is 1. The average molecular weight is 399 g/mol. The molecule has 0 N–H and O–H groups in total. The Hall–Kier alpha value is -2.84. The summed E-state index contributed by atoms with van der Waals surface area (Å²) in [6, 6.07) is 31.4. The van der Waals surface area contributed by atoms with Gasteiger partial charge in [0, 0.05) is 20.8 Å². The number of hydrogen-bond acceptors (Lipinski definition) is 1. The van der Waals surface area contributed by atoms with Crippen molar-refractivity contribution >= 4 is 37.9 Å². The van der Waals surface area contributed by atoms with Crippen molar-refractivity contribution in [3.05, 3.63) is 95.5 Å². The first-order chi connectivity index (χ1) is 12.8. The normalized spacial score (nSPS) is 11.3. The van der Waals surface area contributed by atoms with Crippen molar-refractivity contribution in [2.45, 2.75) is 0 Å². The Kier molecular flexibility index (Phi) is 3.65. The van der Waals surface area contributed by atoms with Crippen molar-refractivity contribution in [2.75, 3.05) is 0 Å². The van der Waals surface area contributed by atoms with Crippen LogP contribution in [0, 0.1) is 0 Å². The lowest BCUT2D eigenvalue weighted by molar-refractivity contribution is 0.670. The van der Waals surface area contributed by atoms with Gasteiger partial charge in [-0.1, -0.05) is 94.8 Å². The van der Waals surface area contributed by atoms with E-state index in [1.54, 1.807) is 0 Å². The van der Waals surface area contributed by atoms with Gasteiger partial charge in [-0.3, -0.25) is 0 Å².